The van der Waals surface area contributed by atoms with Crippen molar-refractivity contribution in [2.45, 2.75) is 44.7 Å². The average molecular weight is 491 g/mol. The third-order valence-electron chi connectivity index (χ3n) is 7.93. The minimum atomic E-state index is 0.0521. The number of fused-ring (bicyclic) bond motifs is 1. The number of nitrogens with one attached hydrogen (secondary N) is 2. The SMILES string of the molecule is CC(=O)N1CCC(NC2CCOCC2)=C(C(=N)c2cccc3cc(N4CC[C@H](N(C)C)C4)ncc23)C1. The Hall–Kier alpha value is -2.97. The number of anilines is 1. The highest BCUT2D eigenvalue weighted by Gasteiger charge is 2.28. The summed E-state index contributed by atoms with van der Waals surface area (Å²) in [5, 5.41) is 15.1. The minimum Gasteiger partial charge on any atom is -0.385 e. The first-order valence-corrected chi connectivity index (χ1v) is 13.1. The molecule has 0 bridgehead atoms. The predicted molar refractivity (Wildman–Crippen MR) is 144 cm³/mol. The third-order valence-corrected chi connectivity index (χ3v) is 7.93. The molecule has 8 nitrogen and oxygen atoms in total. The molecule has 36 heavy (non-hydrogen) atoms. The van der Waals surface area contributed by atoms with Crippen LogP contribution in [0.4, 0.5) is 5.82 Å². The molecule has 4 heterocycles. The molecule has 0 aliphatic carbocycles. The third kappa shape index (κ3) is 5.11. The lowest BCUT2D eigenvalue weighted by molar-refractivity contribution is -0.128. The Morgan fingerprint density at radius 1 is 1.19 bits per heavy atom. The van der Waals surface area contributed by atoms with Crippen molar-refractivity contribution in [1.82, 2.24) is 20.1 Å². The Balaban J connectivity index is 1.45. The van der Waals surface area contributed by atoms with E-state index in [4.69, 9.17) is 9.72 Å². The van der Waals surface area contributed by atoms with Gasteiger partial charge >= 0.3 is 0 Å². The fourth-order valence-corrected chi connectivity index (χ4v) is 5.59. The van der Waals surface area contributed by atoms with Crippen LogP contribution in [0, 0.1) is 5.41 Å². The van der Waals surface area contributed by atoms with Gasteiger partial charge in [0.1, 0.15) is 5.82 Å². The predicted octanol–water partition coefficient (Wildman–Crippen LogP) is 3.02. The van der Waals surface area contributed by atoms with E-state index in [1.54, 1.807) is 6.92 Å². The van der Waals surface area contributed by atoms with Crippen molar-refractivity contribution in [3.05, 3.63) is 47.3 Å². The van der Waals surface area contributed by atoms with Gasteiger partial charge in [-0.1, -0.05) is 18.2 Å². The molecule has 0 unspecified atom stereocenters. The number of nitrogens with zero attached hydrogens (tertiary/aromatic N) is 4. The fourth-order valence-electron chi connectivity index (χ4n) is 5.59. The van der Waals surface area contributed by atoms with Crippen LogP contribution in [0.15, 0.2) is 41.7 Å². The van der Waals surface area contributed by atoms with Gasteiger partial charge in [0, 0.05) is 93.2 Å². The molecule has 1 atom stereocenters. The zero-order valence-corrected chi connectivity index (χ0v) is 21.7. The van der Waals surface area contributed by atoms with E-state index in [0.29, 0.717) is 30.9 Å². The maximum atomic E-state index is 12.2. The fraction of sp³-hybridized carbons (Fsp3) is 0.536. The van der Waals surface area contributed by atoms with Crippen LogP contribution in [0.25, 0.3) is 10.8 Å². The number of amides is 1. The molecule has 5 rings (SSSR count). The van der Waals surface area contributed by atoms with Gasteiger partial charge in [0.05, 0.1) is 5.71 Å². The summed E-state index contributed by atoms with van der Waals surface area (Å²) in [6.07, 6.45) is 5.74. The molecule has 3 aliphatic heterocycles. The number of benzene rings is 1. The van der Waals surface area contributed by atoms with Crippen LogP contribution in [-0.4, -0.2) is 92.0 Å². The maximum Gasteiger partial charge on any atom is 0.219 e. The zero-order valence-electron chi connectivity index (χ0n) is 21.7. The molecule has 0 radical (unpaired) electrons. The van der Waals surface area contributed by atoms with Crippen molar-refractivity contribution in [2.75, 3.05) is 58.4 Å². The summed E-state index contributed by atoms with van der Waals surface area (Å²) in [6, 6.07) is 9.20. The van der Waals surface area contributed by atoms with E-state index in [-0.39, 0.29) is 5.91 Å². The molecule has 0 spiro atoms. The molecule has 2 N–H and O–H groups in total. The first-order chi connectivity index (χ1) is 17.4. The number of hydrogen-bond acceptors (Lipinski definition) is 7. The van der Waals surface area contributed by atoms with Gasteiger partial charge < -0.3 is 24.8 Å². The van der Waals surface area contributed by atoms with Gasteiger partial charge in [-0.2, -0.15) is 0 Å². The Morgan fingerprint density at radius 2 is 2.00 bits per heavy atom. The Bertz CT molecular complexity index is 1170. The summed E-state index contributed by atoms with van der Waals surface area (Å²) >= 11 is 0. The van der Waals surface area contributed by atoms with Gasteiger partial charge in [-0.25, -0.2) is 4.98 Å². The van der Waals surface area contributed by atoms with Gasteiger partial charge in [-0.15, -0.1) is 0 Å². The van der Waals surface area contributed by atoms with E-state index >= 15 is 0 Å². The zero-order chi connectivity index (χ0) is 25.2. The van der Waals surface area contributed by atoms with Gasteiger partial charge in [0.25, 0.3) is 0 Å². The van der Waals surface area contributed by atoms with Crippen LogP contribution in [-0.2, 0) is 9.53 Å². The second kappa shape index (κ2) is 10.6. The Kier molecular flexibility index (Phi) is 7.25. The van der Waals surface area contributed by atoms with Crippen molar-refractivity contribution < 1.29 is 9.53 Å². The second-order valence-electron chi connectivity index (χ2n) is 10.5. The topological polar surface area (TPSA) is 84.8 Å². The summed E-state index contributed by atoms with van der Waals surface area (Å²) in [4.78, 5) is 23.5. The number of likely N-dealkylation sites (N-methyl/N-ethyl adjacent to an activating group) is 1. The normalized spacial score (nSPS) is 21.5. The van der Waals surface area contributed by atoms with Crippen molar-refractivity contribution in [3.63, 3.8) is 0 Å². The number of ether oxygens (including phenoxy) is 1. The molecule has 192 valence electrons. The molecule has 1 aromatic carbocycles. The van der Waals surface area contributed by atoms with E-state index in [1.807, 2.05) is 23.2 Å². The molecule has 2 aromatic rings. The lowest BCUT2D eigenvalue weighted by Gasteiger charge is -2.34. The molecule has 8 heteroatoms. The highest BCUT2D eigenvalue weighted by atomic mass is 16.5. The number of aromatic nitrogens is 1. The molecular weight excluding hydrogens is 452 g/mol. The Morgan fingerprint density at radius 3 is 2.72 bits per heavy atom. The molecule has 3 aliphatic rings. The van der Waals surface area contributed by atoms with Crippen molar-refractivity contribution in [2.24, 2.45) is 0 Å². The molecular formula is C28H38N6O2. The Labute approximate surface area is 213 Å². The first kappa shape index (κ1) is 24.7. The molecule has 2 saturated heterocycles. The highest BCUT2D eigenvalue weighted by Crippen LogP contribution is 2.29. The summed E-state index contributed by atoms with van der Waals surface area (Å²) in [5.74, 6) is 1.05. The summed E-state index contributed by atoms with van der Waals surface area (Å²) in [6.45, 7) is 6.27. The second-order valence-corrected chi connectivity index (χ2v) is 10.5. The monoisotopic (exact) mass is 490 g/mol. The summed E-state index contributed by atoms with van der Waals surface area (Å²) in [5.41, 5.74) is 3.35. The van der Waals surface area contributed by atoms with Gasteiger partial charge in [-0.3, -0.25) is 10.2 Å². The highest BCUT2D eigenvalue weighted by molar-refractivity contribution is 6.18. The number of carbonyl (C=O) groups is 1. The van der Waals surface area contributed by atoms with Gasteiger partial charge in [-0.05, 0) is 44.8 Å². The summed E-state index contributed by atoms with van der Waals surface area (Å²) < 4.78 is 5.53. The van der Waals surface area contributed by atoms with E-state index in [2.05, 4.69) is 41.3 Å². The van der Waals surface area contributed by atoms with Crippen molar-refractivity contribution in [1.29, 1.82) is 5.41 Å². The van der Waals surface area contributed by atoms with E-state index < -0.39 is 0 Å². The molecule has 0 saturated carbocycles. The van der Waals surface area contributed by atoms with Crippen LogP contribution in [0.3, 0.4) is 0 Å². The van der Waals surface area contributed by atoms with Crippen LogP contribution in [0.2, 0.25) is 0 Å². The van der Waals surface area contributed by atoms with Crippen molar-refractivity contribution in [3.8, 4) is 0 Å². The summed E-state index contributed by atoms with van der Waals surface area (Å²) in [7, 11) is 4.27. The number of rotatable bonds is 6. The van der Waals surface area contributed by atoms with Crippen LogP contribution < -0.4 is 10.2 Å². The lowest BCUT2D eigenvalue weighted by atomic mass is 9.92. The average Bonchev–Trinajstić information content (AvgIpc) is 3.39. The van der Waals surface area contributed by atoms with E-state index in [9.17, 15) is 10.2 Å². The van der Waals surface area contributed by atoms with Gasteiger partial charge in [0.15, 0.2) is 0 Å². The first-order valence-electron chi connectivity index (χ1n) is 13.1. The number of carbonyl (C=O) groups excluding carboxylic acids is 1. The molecule has 1 aromatic heterocycles. The van der Waals surface area contributed by atoms with Crippen molar-refractivity contribution >= 4 is 28.2 Å². The minimum absolute atomic E-state index is 0.0521. The lowest BCUT2D eigenvalue weighted by Crippen LogP contribution is -2.43. The number of hydrogen-bond donors (Lipinski definition) is 2. The maximum absolute atomic E-state index is 12.2. The van der Waals surface area contributed by atoms with E-state index in [1.165, 1.54) is 0 Å². The van der Waals surface area contributed by atoms with Gasteiger partial charge in [0.2, 0.25) is 5.91 Å². The quantitative estimate of drug-likeness (QED) is 0.606. The van der Waals surface area contributed by atoms with Crippen LogP contribution in [0.1, 0.15) is 38.2 Å². The molecule has 2 fully saturated rings. The van der Waals surface area contributed by atoms with Crippen LogP contribution in [0.5, 0.6) is 0 Å². The molecule has 1 amide bonds. The smallest absolute Gasteiger partial charge is 0.219 e. The van der Waals surface area contributed by atoms with Crippen LogP contribution >= 0.6 is 0 Å². The van der Waals surface area contributed by atoms with E-state index in [0.717, 1.165) is 85.4 Å². The standard InChI is InChI=1S/C28H38N6O2/c1-19(35)33-12-8-26(31-21-9-13-36-14-10-21)25(18-33)28(29)23-6-4-5-20-15-27(30-16-24(20)23)34-11-7-22(17-34)32(2)3/h4-6,15-16,21-22,29,31H,7-14,17-18H2,1-3H3/t22-/m0/s1. The largest absolute Gasteiger partial charge is 0.385 e. The number of pyridine rings is 1.